The summed E-state index contributed by atoms with van der Waals surface area (Å²) in [5.41, 5.74) is 0. The molecule has 1 aromatic heterocycles. The van der Waals surface area contributed by atoms with Crippen LogP contribution in [0.3, 0.4) is 0 Å². The maximum absolute atomic E-state index is 12.2. The Morgan fingerprint density at radius 1 is 1.50 bits per heavy atom. The lowest BCUT2D eigenvalue weighted by atomic mass is 9.98. The van der Waals surface area contributed by atoms with Gasteiger partial charge in [0.1, 0.15) is 6.04 Å². The number of aliphatic carboxylic acids is 1. The minimum absolute atomic E-state index is 0.0651. The maximum Gasteiger partial charge on any atom is 0.308 e. The lowest BCUT2D eigenvalue weighted by Gasteiger charge is -2.32. The van der Waals surface area contributed by atoms with Crippen molar-refractivity contribution >= 4 is 11.9 Å². The maximum atomic E-state index is 12.2. The summed E-state index contributed by atoms with van der Waals surface area (Å²) in [6.07, 6.45) is 4.75. The van der Waals surface area contributed by atoms with Crippen LogP contribution < -0.4 is 0 Å². The largest absolute Gasteiger partial charge is 0.481 e. The van der Waals surface area contributed by atoms with Gasteiger partial charge in [0, 0.05) is 25.5 Å². The number of hydrogen-bond donors (Lipinski definition) is 1. The molecule has 2 heterocycles. The number of amides is 1. The van der Waals surface area contributed by atoms with E-state index < -0.39 is 11.9 Å². The summed E-state index contributed by atoms with van der Waals surface area (Å²) in [5, 5.41) is 13.0. The van der Waals surface area contributed by atoms with Crippen LogP contribution in [-0.2, 0) is 9.59 Å². The summed E-state index contributed by atoms with van der Waals surface area (Å²) >= 11 is 0. The summed E-state index contributed by atoms with van der Waals surface area (Å²) < 4.78 is 1.59. The predicted octanol–water partition coefficient (Wildman–Crippen LogP) is 0.767. The van der Waals surface area contributed by atoms with Gasteiger partial charge >= 0.3 is 5.97 Å². The normalized spacial score (nSPS) is 21.6. The molecular formula is C12H17N3O3. The molecule has 1 aliphatic rings. The molecule has 1 unspecified atom stereocenters. The van der Waals surface area contributed by atoms with E-state index in [9.17, 15) is 9.59 Å². The number of carboxylic acid groups (broad SMARTS) is 1. The molecule has 0 bridgehead atoms. The Balaban J connectivity index is 2.02. The molecule has 1 N–H and O–H groups in total. The van der Waals surface area contributed by atoms with Crippen molar-refractivity contribution in [3.63, 3.8) is 0 Å². The molecule has 1 saturated heterocycles. The molecule has 6 heteroatoms. The average molecular weight is 251 g/mol. The number of hydrogen-bond acceptors (Lipinski definition) is 3. The highest BCUT2D eigenvalue weighted by molar-refractivity contribution is 5.81. The predicted molar refractivity (Wildman–Crippen MR) is 63.9 cm³/mol. The summed E-state index contributed by atoms with van der Waals surface area (Å²) in [7, 11) is 0. The van der Waals surface area contributed by atoms with E-state index in [1.807, 2.05) is 0 Å². The van der Waals surface area contributed by atoms with Crippen molar-refractivity contribution in [3.8, 4) is 0 Å². The number of nitrogens with zero attached hydrogens (tertiary/aromatic N) is 3. The van der Waals surface area contributed by atoms with Crippen LogP contribution >= 0.6 is 0 Å². The molecule has 1 aliphatic heterocycles. The number of aromatic nitrogens is 2. The summed E-state index contributed by atoms with van der Waals surface area (Å²) in [6.45, 7) is 2.72. The Labute approximate surface area is 105 Å². The van der Waals surface area contributed by atoms with E-state index in [0.717, 1.165) is 6.42 Å². The summed E-state index contributed by atoms with van der Waals surface area (Å²) in [5.74, 6) is -1.32. The van der Waals surface area contributed by atoms with Gasteiger partial charge in [-0.05, 0) is 25.8 Å². The second-order valence-corrected chi connectivity index (χ2v) is 4.62. The molecule has 0 saturated carbocycles. The molecular weight excluding hydrogens is 234 g/mol. The highest BCUT2D eigenvalue weighted by Crippen LogP contribution is 2.19. The highest BCUT2D eigenvalue weighted by atomic mass is 16.4. The first kappa shape index (κ1) is 12.6. The Bertz CT molecular complexity index is 430. The molecule has 1 fully saturated rings. The molecule has 1 amide bonds. The topological polar surface area (TPSA) is 75.4 Å². The SMILES string of the molecule is CC(C(=O)N1CCC[C@H](C(=O)O)C1)n1cccn1. The van der Waals surface area contributed by atoms with E-state index in [0.29, 0.717) is 19.5 Å². The van der Waals surface area contributed by atoms with Crippen LogP contribution in [0.2, 0.25) is 0 Å². The first-order valence-electron chi connectivity index (χ1n) is 6.10. The second kappa shape index (κ2) is 5.20. The van der Waals surface area contributed by atoms with Gasteiger partial charge in [-0.1, -0.05) is 0 Å². The number of piperidine rings is 1. The fourth-order valence-electron chi connectivity index (χ4n) is 2.27. The van der Waals surface area contributed by atoms with Gasteiger partial charge in [0.25, 0.3) is 0 Å². The van der Waals surface area contributed by atoms with Crippen LogP contribution in [0.1, 0.15) is 25.8 Å². The molecule has 2 atom stereocenters. The first-order valence-corrected chi connectivity index (χ1v) is 6.10. The third kappa shape index (κ3) is 2.52. The summed E-state index contributed by atoms with van der Waals surface area (Å²) in [6, 6.07) is 1.38. The van der Waals surface area contributed by atoms with Crippen molar-refractivity contribution in [1.29, 1.82) is 0 Å². The van der Waals surface area contributed by atoms with Crippen molar-refractivity contribution in [2.24, 2.45) is 5.92 Å². The average Bonchev–Trinajstić information content (AvgIpc) is 2.91. The van der Waals surface area contributed by atoms with E-state index in [-0.39, 0.29) is 11.9 Å². The third-order valence-electron chi connectivity index (χ3n) is 3.36. The zero-order valence-corrected chi connectivity index (χ0v) is 10.3. The Hall–Kier alpha value is -1.85. The fraction of sp³-hybridized carbons (Fsp3) is 0.583. The van der Waals surface area contributed by atoms with Crippen molar-refractivity contribution in [3.05, 3.63) is 18.5 Å². The van der Waals surface area contributed by atoms with Gasteiger partial charge in [-0.3, -0.25) is 14.3 Å². The zero-order valence-electron chi connectivity index (χ0n) is 10.3. The van der Waals surface area contributed by atoms with E-state index >= 15 is 0 Å². The van der Waals surface area contributed by atoms with Crippen molar-refractivity contribution in [1.82, 2.24) is 14.7 Å². The smallest absolute Gasteiger partial charge is 0.308 e. The monoisotopic (exact) mass is 251 g/mol. The second-order valence-electron chi connectivity index (χ2n) is 4.62. The van der Waals surface area contributed by atoms with Crippen LogP contribution in [0, 0.1) is 5.92 Å². The first-order chi connectivity index (χ1) is 8.59. The molecule has 0 spiro atoms. The molecule has 2 rings (SSSR count). The molecule has 6 nitrogen and oxygen atoms in total. The molecule has 0 aromatic carbocycles. The summed E-state index contributed by atoms with van der Waals surface area (Å²) in [4.78, 5) is 24.8. The van der Waals surface area contributed by atoms with Gasteiger partial charge in [0.2, 0.25) is 5.91 Å². The van der Waals surface area contributed by atoms with Crippen LogP contribution in [0.5, 0.6) is 0 Å². The van der Waals surface area contributed by atoms with E-state index in [2.05, 4.69) is 5.10 Å². The van der Waals surface area contributed by atoms with E-state index in [4.69, 9.17) is 5.11 Å². The Morgan fingerprint density at radius 3 is 2.89 bits per heavy atom. The zero-order chi connectivity index (χ0) is 13.1. The van der Waals surface area contributed by atoms with Gasteiger partial charge < -0.3 is 10.0 Å². The molecule has 0 aliphatic carbocycles. The number of rotatable bonds is 3. The van der Waals surface area contributed by atoms with Crippen LogP contribution in [0.25, 0.3) is 0 Å². The number of carboxylic acids is 1. The molecule has 18 heavy (non-hydrogen) atoms. The lowest BCUT2D eigenvalue weighted by molar-refractivity contribution is -0.146. The Morgan fingerprint density at radius 2 is 2.28 bits per heavy atom. The van der Waals surface area contributed by atoms with Crippen LogP contribution in [0.4, 0.5) is 0 Å². The van der Waals surface area contributed by atoms with Gasteiger partial charge in [-0.15, -0.1) is 0 Å². The molecule has 98 valence electrons. The molecule has 1 aromatic rings. The van der Waals surface area contributed by atoms with Crippen molar-refractivity contribution < 1.29 is 14.7 Å². The lowest BCUT2D eigenvalue weighted by Crippen LogP contribution is -2.44. The van der Waals surface area contributed by atoms with E-state index in [1.54, 1.807) is 35.0 Å². The number of likely N-dealkylation sites (tertiary alicyclic amines) is 1. The third-order valence-corrected chi connectivity index (χ3v) is 3.36. The van der Waals surface area contributed by atoms with E-state index in [1.165, 1.54) is 0 Å². The quantitative estimate of drug-likeness (QED) is 0.860. The number of carbonyl (C=O) groups is 2. The standard InChI is InChI=1S/C12H17N3O3/c1-9(15-7-3-5-13-15)11(16)14-6-2-4-10(8-14)12(17)18/h3,5,7,9-10H,2,4,6,8H2,1H3,(H,17,18)/t9?,10-/m0/s1. The molecule has 0 radical (unpaired) electrons. The van der Waals surface area contributed by atoms with Gasteiger partial charge in [0.05, 0.1) is 5.92 Å². The minimum Gasteiger partial charge on any atom is -0.481 e. The van der Waals surface area contributed by atoms with Crippen molar-refractivity contribution in [2.45, 2.75) is 25.8 Å². The van der Waals surface area contributed by atoms with Gasteiger partial charge in [-0.2, -0.15) is 5.10 Å². The van der Waals surface area contributed by atoms with Crippen LogP contribution in [-0.4, -0.2) is 44.8 Å². The number of carbonyl (C=O) groups excluding carboxylic acids is 1. The Kier molecular flexibility index (Phi) is 3.64. The van der Waals surface area contributed by atoms with Gasteiger partial charge in [0.15, 0.2) is 0 Å². The van der Waals surface area contributed by atoms with Crippen molar-refractivity contribution in [2.75, 3.05) is 13.1 Å². The minimum atomic E-state index is -0.820. The fourth-order valence-corrected chi connectivity index (χ4v) is 2.27. The highest BCUT2D eigenvalue weighted by Gasteiger charge is 2.30. The van der Waals surface area contributed by atoms with Crippen LogP contribution in [0.15, 0.2) is 18.5 Å². The van der Waals surface area contributed by atoms with Gasteiger partial charge in [-0.25, -0.2) is 0 Å².